The molecule has 1 aliphatic rings. The molecule has 1 aromatic rings. The van der Waals surface area contributed by atoms with E-state index >= 15 is 0 Å². The number of carbonyl (C=O) groups excluding carboxylic acids is 2. The maximum Gasteiger partial charge on any atom is 0.226 e. The highest BCUT2D eigenvalue weighted by atomic mass is 16.2. The number of likely N-dealkylation sites (tertiary alicyclic amines) is 1. The molecular weight excluding hydrogens is 226 g/mol. The summed E-state index contributed by atoms with van der Waals surface area (Å²) in [6, 6.07) is 9.26. The van der Waals surface area contributed by atoms with Gasteiger partial charge in [-0.1, -0.05) is 36.4 Å². The van der Waals surface area contributed by atoms with E-state index in [1.54, 1.807) is 11.1 Å². The average Bonchev–Trinajstić information content (AvgIpc) is 2.73. The fourth-order valence-corrected chi connectivity index (χ4v) is 2.28. The highest BCUT2D eigenvalue weighted by Gasteiger charge is 2.30. The van der Waals surface area contributed by atoms with Crippen LogP contribution in [-0.2, 0) is 4.79 Å². The van der Waals surface area contributed by atoms with Gasteiger partial charge in [-0.3, -0.25) is 9.59 Å². The zero-order chi connectivity index (χ0) is 13.0. The Morgan fingerprint density at radius 3 is 2.78 bits per heavy atom. The molecule has 0 aromatic heterocycles. The van der Waals surface area contributed by atoms with E-state index in [1.807, 2.05) is 43.3 Å². The number of allylic oxidation sites excluding steroid dienone is 1. The second kappa shape index (κ2) is 5.63. The van der Waals surface area contributed by atoms with Gasteiger partial charge in [0, 0.05) is 30.6 Å². The van der Waals surface area contributed by atoms with Crippen LogP contribution in [0.25, 0.3) is 0 Å². The van der Waals surface area contributed by atoms with Crippen LogP contribution < -0.4 is 0 Å². The number of ketones is 1. The Morgan fingerprint density at radius 2 is 2.11 bits per heavy atom. The summed E-state index contributed by atoms with van der Waals surface area (Å²) in [7, 11) is 0. The van der Waals surface area contributed by atoms with Gasteiger partial charge in [-0.15, -0.1) is 0 Å². The SMILES string of the molecule is C/C=C/N1C(=O)CCC1CC(=O)c1ccccc1. The van der Waals surface area contributed by atoms with Gasteiger partial charge in [0.15, 0.2) is 5.78 Å². The quantitative estimate of drug-likeness (QED) is 0.762. The van der Waals surface area contributed by atoms with Gasteiger partial charge in [-0.05, 0) is 13.3 Å². The van der Waals surface area contributed by atoms with E-state index in [1.165, 1.54) is 0 Å². The van der Waals surface area contributed by atoms with Crippen molar-refractivity contribution in [3.05, 3.63) is 48.2 Å². The number of hydrogen-bond donors (Lipinski definition) is 0. The molecule has 1 fully saturated rings. The Kier molecular flexibility index (Phi) is 3.92. The molecule has 0 N–H and O–H groups in total. The summed E-state index contributed by atoms with van der Waals surface area (Å²) in [6.45, 7) is 1.88. The van der Waals surface area contributed by atoms with Crippen LogP contribution >= 0.6 is 0 Å². The van der Waals surface area contributed by atoms with Crippen molar-refractivity contribution in [2.45, 2.75) is 32.2 Å². The highest BCUT2D eigenvalue weighted by molar-refractivity contribution is 5.97. The van der Waals surface area contributed by atoms with Crippen molar-refractivity contribution in [2.75, 3.05) is 0 Å². The maximum atomic E-state index is 12.1. The summed E-state index contributed by atoms with van der Waals surface area (Å²) in [5, 5.41) is 0. The number of rotatable bonds is 4. The molecule has 94 valence electrons. The van der Waals surface area contributed by atoms with Crippen molar-refractivity contribution in [1.82, 2.24) is 4.90 Å². The first-order valence-corrected chi connectivity index (χ1v) is 6.24. The molecular formula is C15H17NO2. The molecule has 1 amide bonds. The summed E-state index contributed by atoms with van der Waals surface area (Å²) in [4.78, 5) is 25.4. The summed E-state index contributed by atoms with van der Waals surface area (Å²) < 4.78 is 0. The molecule has 18 heavy (non-hydrogen) atoms. The molecule has 2 rings (SSSR count). The van der Waals surface area contributed by atoms with Crippen molar-refractivity contribution >= 4 is 11.7 Å². The van der Waals surface area contributed by atoms with Crippen LogP contribution in [0.3, 0.4) is 0 Å². The number of benzene rings is 1. The Morgan fingerprint density at radius 1 is 1.39 bits per heavy atom. The Hall–Kier alpha value is -1.90. The van der Waals surface area contributed by atoms with E-state index in [9.17, 15) is 9.59 Å². The predicted octanol–water partition coefficient (Wildman–Crippen LogP) is 2.78. The van der Waals surface area contributed by atoms with Crippen molar-refractivity contribution in [3.63, 3.8) is 0 Å². The first-order chi connectivity index (χ1) is 8.72. The first kappa shape index (κ1) is 12.6. The third-order valence-electron chi connectivity index (χ3n) is 3.20. The van der Waals surface area contributed by atoms with Crippen molar-refractivity contribution in [3.8, 4) is 0 Å². The van der Waals surface area contributed by atoms with E-state index < -0.39 is 0 Å². The third-order valence-corrected chi connectivity index (χ3v) is 3.20. The standard InChI is InChI=1S/C15H17NO2/c1-2-10-16-13(8-9-15(16)18)11-14(17)12-6-4-3-5-7-12/h2-7,10,13H,8-9,11H2,1H3/b10-2+. The monoisotopic (exact) mass is 243 g/mol. The number of Topliss-reactive ketones (excluding diaryl/α,β-unsaturated/α-hetero) is 1. The minimum absolute atomic E-state index is 0.0152. The van der Waals surface area contributed by atoms with Crippen LogP contribution in [0.15, 0.2) is 42.6 Å². The van der Waals surface area contributed by atoms with Gasteiger partial charge in [0.05, 0.1) is 0 Å². The van der Waals surface area contributed by atoms with E-state index in [4.69, 9.17) is 0 Å². The Bertz CT molecular complexity index is 465. The molecule has 3 nitrogen and oxygen atoms in total. The van der Waals surface area contributed by atoms with Gasteiger partial charge in [0.1, 0.15) is 0 Å². The molecule has 1 atom stereocenters. The lowest BCUT2D eigenvalue weighted by Crippen LogP contribution is -2.29. The lowest BCUT2D eigenvalue weighted by molar-refractivity contribution is -0.126. The second-order valence-corrected chi connectivity index (χ2v) is 4.47. The molecule has 0 aliphatic carbocycles. The molecule has 1 saturated heterocycles. The molecule has 0 bridgehead atoms. The number of hydrogen-bond acceptors (Lipinski definition) is 2. The molecule has 0 spiro atoms. The van der Waals surface area contributed by atoms with E-state index in [-0.39, 0.29) is 17.7 Å². The van der Waals surface area contributed by atoms with Gasteiger partial charge < -0.3 is 4.90 Å². The molecule has 0 radical (unpaired) electrons. The molecule has 0 saturated carbocycles. The van der Waals surface area contributed by atoms with Crippen molar-refractivity contribution in [2.24, 2.45) is 0 Å². The average molecular weight is 243 g/mol. The highest BCUT2D eigenvalue weighted by Crippen LogP contribution is 2.23. The molecule has 1 unspecified atom stereocenters. The summed E-state index contributed by atoms with van der Waals surface area (Å²) in [6.07, 6.45) is 5.32. The van der Waals surface area contributed by atoms with Gasteiger partial charge in [0.25, 0.3) is 0 Å². The normalized spacial score (nSPS) is 19.7. The molecule has 1 aliphatic heterocycles. The van der Waals surface area contributed by atoms with Crippen LogP contribution in [0.5, 0.6) is 0 Å². The first-order valence-electron chi connectivity index (χ1n) is 6.24. The lowest BCUT2D eigenvalue weighted by atomic mass is 10.0. The Balaban J connectivity index is 2.05. The van der Waals surface area contributed by atoms with Gasteiger partial charge in [-0.2, -0.15) is 0 Å². The van der Waals surface area contributed by atoms with Crippen LogP contribution in [0.2, 0.25) is 0 Å². The Labute approximate surface area is 107 Å². The van der Waals surface area contributed by atoms with Gasteiger partial charge >= 0.3 is 0 Å². The third kappa shape index (κ3) is 2.67. The topological polar surface area (TPSA) is 37.4 Å². The predicted molar refractivity (Wildman–Crippen MR) is 70.1 cm³/mol. The fraction of sp³-hybridized carbons (Fsp3) is 0.333. The van der Waals surface area contributed by atoms with Crippen molar-refractivity contribution in [1.29, 1.82) is 0 Å². The van der Waals surface area contributed by atoms with Crippen LogP contribution in [0.4, 0.5) is 0 Å². The second-order valence-electron chi connectivity index (χ2n) is 4.47. The summed E-state index contributed by atoms with van der Waals surface area (Å²) in [5.41, 5.74) is 0.720. The van der Waals surface area contributed by atoms with Crippen LogP contribution in [-0.4, -0.2) is 22.6 Å². The number of amides is 1. The van der Waals surface area contributed by atoms with Gasteiger partial charge in [0.2, 0.25) is 5.91 Å². The minimum Gasteiger partial charge on any atom is -0.316 e. The summed E-state index contributed by atoms with van der Waals surface area (Å²) in [5.74, 6) is 0.212. The van der Waals surface area contributed by atoms with Crippen LogP contribution in [0, 0.1) is 0 Å². The van der Waals surface area contributed by atoms with Gasteiger partial charge in [-0.25, -0.2) is 0 Å². The lowest BCUT2D eigenvalue weighted by Gasteiger charge is -2.20. The summed E-state index contributed by atoms with van der Waals surface area (Å²) >= 11 is 0. The van der Waals surface area contributed by atoms with E-state index in [0.717, 1.165) is 12.0 Å². The number of nitrogens with zero attached hydrogens (tertiary/aromatic N) is 1. The molecule has 1 aromatic carbocycles. The van der Waals surface area contributed by atoms with Crippen molar-refractivity contribution < 1.29 is 9.59 Å². The zero-order valence-electron chi connectivity index (χ0n) is 10.5. The smallest absolute Gasteiger partial charge is 0.226 e. The minimum atomic E-state index is 0.0152. The van der Waals surface area contributed by atoms with E-state index in [0.29, 0.717) is 12.8 Å². The largest absolute Gasteiger partial charge is 0.316 e. The molecule has 1 heterocycles. The number of carbonyl (C=O) groups is 2. The zero-order valence-corrected chi connectivity index (χ0v) is 10.5. The fourth-order valence-electron chi connectivity index (χ4n) is 2.28. The maximum absolute atomic E-state index is 12.1. The van der Waals surface area contributed by atoms with E-state index in [2.05, 4.69) is 0 Å². The van der Waals surface area contributed by atoms with Crippen LogP contribution in [0.1, 0.15) is 36.5 Å². The molecule has 3 heteroatoms.